The van der Waals surface area contributed by atoms with Crippen molar-refractivity contribution in [2.45, 2.75) is 6.61 Å². The van der Waals surface area contributed by atoms with Gasteiger partial charge in [0.05, 0.1) is 6.21 Å². The highest BCUT2D eigenvalue weighted by atomic mass is 79.9. The van der Waals surface area contributed by atoms with E-state index in [4.69, 9.17) is 9.36 Å². The summed E-state index contributed by atoms with van der Waals surface area (Å²) in [6.07, 6.45) is 1.63. The summed E-state index contributed by atoms with van der Waals surface area (Å²) in [4.78, 5) is 9.38. The van der Waals surface area contributed by atoms with E-state index in [-0.39, 0.29) is 6.61 Å². The van der Waals surface area contributed by atoms with E-state index in [9.17, 15) is 0 Å². The average Bonchev–Trinajstić information content (AvgIpc) is 3.16. The van der Waals surface area contributed by atoms with E-state index in [1.807, 2.05) is 41.1 Å². The summed E-state index contributed by atoms with van der Waals surface area (Å²) >= 11 is 4.96. The van der Waals surface area contributed by atoms with Crippen LogP contribution in [0.25, 0.3) is 11.4 Å². The quantitative estimate of drug-likeness (QED) is 0.505. The van der Waals surface area contributed by atoms with Gasteiger partial charge >= 0.3 is 0 Å². The molecule has 5 nitrogen and oxygen atoms in total. The molecule has 2 heterocycles. The molecule has 3 aromatic rings. The maximum atomic E-state index is 5.15. The lowest BCUT2D eigenvalue weighted by molar-refractivity contribution is 0.107. The summed E-state index contributed by atoms with van der Waals surface area (Å²) in [6, 6.07) is 9.67. The molecule has 0 spiro atoms. The Morgan fingerprint density at radius 1 is 1.29 bits per heavy atom. The Kier molecular flexibility index (Phi) is 4.42. The first-order valence-corrected chi connectivity index (χ1v) is 7.81. The number of halogens is 1. The third-order valence-electron chi connectivity index (χ3n) is 2.58. The minimum atomic E-state index is 0.143. The van der Waals surface area contributed by atoms with Crippen LogP contribution >= 0.6 is 27.3 Å². The standard InChI is InChI=1S/C14H10BrN3O2S/c15-12-3-1-10(2-4-12)7-16-19-8-13-17-14(18-20-13)11-5-6-21-9-11/h1-7,9H,8H2/b16-7-. The summed E-state index contributed by atoms with van der Waals surface area (Å²) < 4.78 is 6.12. The van der Waals surface area contributed by atoms with E-state index in [0.717, 1.165) is 15.6 Å². The second-order valence-corrected chi connectivity index (χ2v) is 5.78. The summed E-state index contributed by atoms with van der Waals surface area (Å²) in [6.45, 7) is 0.143. The number of hydrogen-bond donors (Lipinski definition) is 0. The van der Waals surface area contributed by atoms with Gasteiger partial charge < -0.3 is 9.36 Å². The Morgan fingerprint density at radius 3 is 2.90 bits per heavy atom. The fourth-order valence-electron chi connectivity index (χ4n) is 1.56. The Balaban J connectivity index is 1.55. The van der Waals surface area contributed by atoms with Gasteiger partial charge in [0.15, 0.2) is 6.61 Å². The Hall–Kier alpha value is -1.99. The molecule has 106 valence electrons. The van der Waals surface area contributed by atoms with Crippen molar-refractivity contribution in [1.29, 1.82) is 0 Å². The van der Waals surface area contributed by atoms with Crippen LogP contribution in [-0.4, -0.2) is 16.4 Å². The van der Waals surface area contributed by atoms with E-state index in [1.165, 1.54) is 0 Å². The molecule has 2 aromatic heterocycles. The van der Waals surface area contributed by atoms with Gasteiger partial charge in [-0.05, 0) is 29.1 Å². The molecule has 0 aliphatic heterocycles. The SMILES string of the molecule is Brc1ccc(/C=N\OCc2nc(-c3ccsc3)no2)cc1. The molecule has 7 heteroatoms. The molecule has 0 amide bonds. The normalized spacial score (nSPS) is 11.1. The first-order valence-electron chi connectivity index (χ1n) is 6.07. The van der Waals surface area contributed by atoms with Crippen molar-refractivity contribution in [2.24, 2.45) is 5.16 Å². The van der Waals surface area contributed by atoms with E-state index in [1.54, 1.807) is 17.6 Å². The van der Waals surface area contributed by atoms with Gasteiger partial charge in [0.1, 0.15) is 0 Å². The molecule has 21 heavy (non-hydrogen) atoms. The highest BCUT2D eigenvalue weighted by Gasteiger charge is 2.08. The fourth-order valence-corrected chi connectivity index (χ4v) is 2.46. The molecule has 0 aliphatic carbocycles. The zero-order chi connectivity index (χ0) is 14.5. The van der Waals surface area contributed by atoms with Crippen molar-refractivity contribution in [1.82, 2.24) is 10.1 Å². The van der Waals surface area contributed by atoms with Crippen molar-refractivity contribution >= 4 is 33.5 Å². The molecule has 1 aromatic carbocycles. The summed E-state index contributed by atoms with van der Waals surface area (Å²) in [5.74, 6) is 0.955. The van der Waals surface area contributed by atoms with Crippen molar-refractivity contribution < 1.29 is 9.36 Å². The van der Waals surface area contributed by atoms with E-state index < -0.39 is 0 Å². The highest BCUT2D eigenvalue weighted by Crippen LogP contribution is 2.18. The summed E-state index contributed by atoms with van der Waals surface area (Å²) in [7, 11) is 0. The number of benzene rings is 1. The minimum Gasteiger partial charge on any atom is -0.386 e. The van der Waals surface area contributed by atoms with Gasteiger partial charge in [0.25, 0.3) is 5.89 Å². The molecule has 0 fully saturated rings. The number of nitrogens with zero attached hydrogens (tertiary/aromatic N) is 3. The highest BCUT2D eigenvalue weighted by molar-refractivity contribution is 9.10. The zero-order valence-electron chi connectivity index (χ0n) is 10.8. The summed E-state index contributed by atoms with van der Waals surface area (Å²) in [5, 5.41) is 11.7. The largest absolute Gasteiger partial charge is 0.386 e. The molecule has 0 radical (unpaired) electrons. The number of aromatic nitrogens is 2. The third kappa shape index (κ3) is 3.77. The molecule has 0 aliphatic rings. The minimum absolute atomic E-state index is 0.143. The van der Waals surface area contributed by atoms with Gasteiger partial charge in [-0.2, -0.15) is 16.3 Å². The van der Waals surface area contributed by atoms with Crippen LogP contribution in [0.4, 0.5) is 0 Å². The van der Waals surface area contributed by atoms with Crippen molar-refractivity contribution in [3.05, 3.63) is 57.0 Å². The first kappa shape index (κ1) is 14.0. The van der Waals surface area contributed by atoms with Crippen LogP contribution in [0.3, 0.4) is 0 Å². The number of thiophene rings is 1. The van der Waals surface area contributed by atoms with Gasteiger partial charge in [0, 0.05) is 15.4 Å². The predicted molar refractivity (Wildman–Crippen MR) is 84.1 cm³/mol. The van der Waals surface area contributed by atoms with Gasteiger partial charge in [-0.25, -0.2) is 0 Å². The number of rotatable bonds is 5. The van der Waals surface area contributed by atoms with Crippen LogP contribution in [0, 0.1) is 0 Å². The van der Waals surface area contributed by atoms with Gasteiger partial charge in [-0.1, -0.05) is 38.4 Å². The third-order valence-corrected chi connectivity index (χ3v) is 3.79. The number of hydrogen-bond acceptors (Lipinski definition) is 6. The average molecular weight is 364 g/mol. The molecule has 0 bridgehead atoms. The molecule has 0 atom stereocenters. The molecular formula is C14H10BrN3O2S. The Labute approximate surface area is 133 Å². The molecule has 0 N–H and O–H groups in total. The van der Waals surface area contributed by atoms with Crippen LogP contribution in [0.1, 0.15) is 11.5 Å². The molecule has 0 saturated heterocycles. The fraction of sp³-hybridized carbons (Fsp3) is 0.0714. The molecular weight excluding hydrogens is 354 g/mol. The zero-order valence-corrected chi connectivity index (χ0v) is 13.2. The maximum Gasteiger partial charge on any atom is 0.267 e. The lowest BCUT2D eigenvalue weighted by Crippen LogP contribution is -1.88. The van der Waals surface area contributed by atoms with Crippen molar-refractivity contribution in [3.8, 4) is 11.4 Å². The van der Waals surface area contributed by atoms with Crippen molar-refractivity contribution in [3.63, 3.8) is 0 Å². The molecule has 3 rings (SSSR count). The second kappa shape index (κ2) is 6.64. The van der Waals surface area contributed by atoms with Crippen LogP contribution in [-0.2, 0) is 11.4 Å². The monoisotopic (exact) mass is 363 g/mol. The topological polar surface area (TPSA) is 60.5 Å². The number of oxime groups is 1. The first-order chi connectivity index (χ1) is 10.3. The van der Waals surface area contributed by atoms with Crippen LogP contribution in [0.2, 0.25) is 0 Å². The predicted octanol–water partition coefficient (Wildman–Crippen LogP) is 4.11. The van der Waals surface area contributed by atoms with Crippen LogP contribution in [0.5, 0.6) is 0 Å². The van der Waals surface area contributed by atoms with Gasteiger partial charge in [-0.15, -0.1) is 0 Å². The molecule has 0 saturated carbocycles. The second-order valence-electron chi connectivity index (χ2n) is 4.08. The maximum absolute atomic E-state index is 5.15. The van der Waals surface area contributed by atoms with Gasteiger partial charge in [-0.3, -0.25) is 0 Å². The van der Waals surface area contributed by atoms with Crippen molar-refractivity contribution in [2.75, 3.05) is 0 Å². The van der Waals surface area contributed by atoms with Crippen LogP contribution in [0.15, 0.2) is 55.2 Å². The lowest BCUT2D eigenvalue weighted by atomic mass is 10.2. The smallest absolute Gasteiger partial charge is 0.267 e. The van der Waals surface area contributed by atoms with E-state index in [2.05, 4.69) is 31.2 Å². The lowest BCUT2D eigenvalue weighted by Gasteiger charge is -1.94. The van der Waals surface area contributed by atoms with E-state index in [0.29, 0.717) is 11.7 Å². The Morgan fingerprint density at radius 2 is 2.14 bits per heavy atom. The molecule has 0 unspecified atom stereocenters. The van der Waals surface area contributed by atoms with Gasteiger partial charge in [0.2, 0.25) is 5.82 Å². The Bertz CT molecular complexity index is 723. The van der Waals surface area contributed by atoms with E-state index >= 15 is 0 Å². The van der Waals surface area contributed by atoms with Crippen LogP contribution < -0.4 is 0 Å². The summed E-state index contributed by atoms with van der Waals surface area (Å²) in [5.41, 5.74) is 1.89.